The van der Waals surface area contributed by atoms with Crippen LogP contribution < -0.4 is 11.1 Å². The molecular weight excluding hydrogens is 206 g/mol. The maximum atomic E-state index is 11.3. The summed E-state index contributed by atoms with van der Waals surface area (Å²) in [6.07, 6.45) is 8.41. The molecule has 0 spiro atoms. The lowest BCUT2D eigenvalue weighted by Crippen LogP contribution is -2.07. The Balaban J connectivity index is 2.45. The van der Waals surface area contributed by atoms with Gasteiger partial charge in [0.05, 0.1) is 11.9 Å². The number of pyridine rings is 1. The van der Waals surface area contributed by atoms with Gasteiger partial charge in [0.15, 0.2) is 0 Å². The largest absolute Gasteiger partial charge is 0.366 e. The third kappa shape index (κ3) is 4.71. The highest BCUT2D eigenvalue weighted by molar-refractivity contribution is 5.99. The molecule has 5 heteroatoms. The first-order valence-corrected chi connectivity index (χ1v) is 4.53. The van der Waals surface area contributed by atoms with E-state index in [-0.39, 0.29) is 5.91 Å². The highest BCUT2D eigenvalue weighted by atomic mass is 16.1. The van der Waals surface area contributed by atoms with Crippen molar-refractivity contribution in [1.82, 2.24) is 4.98 Å². The highest BCUT2D eigenvalue weighted by Crippen LogP contribution is 2.01. The van der Waals surface area contributed by atoms with E-state index in [1.54, 1.807) is 18.3 Å². The lowest BCUT2D eigenvalue weighted by Gasteiger charge is -1.98. The summed E-state index contributed by atoms with van der Waals surface area (Å²) >= 11 is 0. The molecule has 82 valence electrons. The van der Waals surface area contributed by atoms with Crippen molar-refractivity contribution in [3.63, 3.8) is 0 Å². The van der Waals surface area contributed by atoms with Crippen molar-refractivity contribution in [2.45, 2.75) is 0 Å². The Bertz CT molecular complexity index is 424. The maximum Gasteiger partial charge on any atom is 0.248 e. The fourth-order valence-electron chi connectivity index (χ4n) is 0.914. The number of hydrogen-bond donors (Lipinski definition) is 2. The van der Waals surface area contributed by atoms with E-state index >= 15 is 0 Å². The fourth-order valence-corrected chi connectivity index (χ4v) is 0.914. The molecule has 0 aliphatic heterocycles. The zero-order chi connectivity index (χ0) is 11.8. The molecule has 1 aromatic rings. The van der Waals surface area contributed by atoms with Crippen molar-refractivity contribution in [2.24, 2.45) is 5.73 Å². The lowest BCUT2D eigenvalue weighted by molar-refractivity contribution is -0.114. The van der Waals surface area contributed by atoms with Crippen molar-refractivity contribution in [3.05, 3.63) is 48.8 Å². The Morgan fingerprint density at radius 2 is 2.06 bits per heavy atom. The van der Waals surface area contributed by atoms with Crippen LogP contribution in [0, 0.1) is 0 Å². The molecule has 0 saturated heterocycles. The van der Waals surface area contributed by atoms with Crippen molar-refractivity contribution >= 4 is 17.5 Å². The number of nitrogens with two attached hydrogens (primary N) is 1. The molecule has 2 amide bonds. The van der Waals surface area contributed by atoms with Crippen LogP contribution >= 0.6 is 0 Å². The van der Waals surface area contributed by atoms with Gasteiger partial charge in [0, 0.05) is 18.3 Å². The summed E-state index contributed by atoms with van der Waals surface area (Å²) < 4.78 is 0. The van der Waals surface area contributed by atoms with Gasteiger partial charge in [-0.25, -0.2) is 0 Å². The minimum absolute atomic E-state index is 0.304. The van der Waals surface area contributed by atoms with Gasteiger partial charge in [-0.3, -0.25) is 14.6 Å². The molecule has 3 N–H and O–H groups in total. The number of nitrogens with zero attached hydrogens (tertiary/aromatic N) is 1. The number of anilines is 1. The second-order valence-corrected chi connectivity index (χ2v) is 2.85. The molecule has 5 nitrogen and oxygen atoms in total. The average molecular weight is 217 g/mol. The Morgan fingerprint density at radius 1 is 1.31 bits per heavy atom. The molecule has 0 fully saturated rings. The molecule has 0 unspecified atom stereocenters. The standard InChI is InChI=1S/C11H11N3O2/c12-10(15)5-1-2-6-11(16)14-9-4-3-7-13-8-9/h1-8H,(H2,12,15)(H,14,16). The molecule has 1 aromatic heterocycles. The van der Waals surface area contributed by atoms with Crippen LogP contribution in [-0.2, 0) is 9.59 Å². The Kier molecular flexibility index (Phi) is 4.46. The van der Waals surface area contributed by atoms with Crippen molar-refractivity contribution in [3.8, 4) is 0 Å². The number of carbonyl (C=O) groups is 2. The predicted molar refractivity (Wildman–Crippen MR) is 60.3 cm³/mol. The van der Waals surface area contributed by atoms with Gasteiger partial charge in [-0.1, -0.05) is 12.2 Å². The third-order valence-electron chi connectivity index (χ3n) is 1.55. The highest BCUT2D eigenvalue weighted by Gasteiger charge is 1.95. The molecular formula is C11H11N3O2. The van der Waals surface area contributed by atoms with Crippen LogP contribution in [0.3, 0.4) is 0 Å². The summed E-state index contributed by atoms with van der Waals surface area (Å²) in [4.78, 5) is 25.5. The van der Waals surface area contributed by atoms with Gasteiger partial charge in [-0.15, -0.1) is 0 Å². The van der Waals surface area contributed by atoms with Gasteiger partial charge in [0.2, 0.25) is 11.8 Å². The summed E-state index contributed by atoms with van der Waals surface area (Å²) in [6, 6.07) is 3.43. The molecule has 0 aromatic carbocycles. The quantitative estimate of drug-likeness (QED) is 0.572. The van der Waals surface area contributed by atoms with E-state index in [4.69, 9.17) is 5.73 Å². The van der Waals surface area contributed by atoms with Crippen LogP contribution in [0.1, 0.15) is 0 Å². The van der Waals surface area contributed by atoms with Crippen molar-refractivity contribution < 1.29 is 9.59 Å². The first-order valence-electron chi connectivity index (χ1n) is 4.53. The Morgan fingerprint density at radius 3 is 2.69 bits per heavy atom. The first-order chi connectivity index (χ1) is 7.68. The van der Waals surface area contributed by atoms with Crippen LogP contribution in [0.2, 0.25) is 0 Å². The minimum atomic E-state index is -0.558. The van der Waals surface area contributed by atoms with E-state index in [1.807, 2.05) is 0 Å². The third-order valence-corrected chi connectivity index (χ3v) is 1.55. The van der Waals surface area contributed by atoms with E-state index in [1.165, 1.54) is 24.4 Å². The number of carbonyl (C=O) groups excluding carboxylic acids is 2. The number of rotatable bonds is 4. The SMILES string of the molecule is NC(=O)C=CC=CC(=O)Nc1cccnc1. The molecule has 0 aliphatic rings. The monoisotopic (exact) mass is 217 g/mol. The number of aromatic nitrogens is 1. The average Bonchev–Trinajstić information content (AvgIpc) is 2.25. The molecule has 0 atom stereocenters. The Labute approximate surface area is 92.7 Å². The van der Waals surface area contributed by atoms with Crippen molar-refractivity contribution in [2.75, 3.05) is 5.32 Å². The van der Waals surface area contributed by atoms with Crippen LogP contribution in [0.25, 0.3) is 0 Å². The van der Waals surface area contributed by atoms with E-state index in [2.05, 4.69) is 10.3 Å². The summed E-state index contributed by atoms with van der Waals surface area (Å²) in [5.74, 6) is -0.862. The van der Waals surface area contributed by atoms with Gasteiger partial charge in [0.25, 0.3) is 0 Å². The molecule has 0 aliphatic carbocycles. The second kappa shape index (κ2) is 6.13. The fraction of sp³-hybridized carbons (Fsp3) is 0. The van der Waals surface area contributed by atoms with Gasteiger partial charge in [-0.2, -0.15) is 0 Å². The number of hydrogen-bond acceptors (Lipinski definition) is 3. The van der Waals surface area contributed by atoms with Crippen molar-refractivity contribution in [1.29, 1.82) is 0 Å². The normalized spacial score (nSPS) is 10.8. The van der Waals surface area contributed by atoms with E-state index in [0.717, 1.165) is 6.08 Å². The lowest BCUT2D eigenvalue weighted by atomic mass is 10.4. The summed E-state index contributed by atoms with van der Waals surface area (Å²) in [5.41, 5.74) is 5.47. The second-order valence-electron chi connectivity index (χ2n) is 2.85. The topological polar surface area (TPSA) is 85.1 Å². The summed E-state index contributed by atoms with van der Waals surface area (Å²) in [7, 11) is 0. The molecule has 0 bridgehead atoms. The first kappa shape index (κ1) is 11.6. The predicted octanol–water partition coefficient (Wildman–Crippen LogP) is 0.618. The van der Waals surface area contributed by atoms with Crippen LogP contribution in [0.5, 0.6) is 0 Å². The van der Waals surface area contributed by atoms with E-state index < -0.39 is 5.91 Å². The zero-order valence-corrected chi connectivity index (χ0v) is 8.46. The molecule has 1 rings (SSSR count). The number of primary amides is 1. The summed E-state index contributed by atoms with van der Waals surface area (Å²) in [5, 5.41) is 2.59. The molecule has 1 heterocycles. The zero-order valence-electron chi connectivity index (χ0n) is 8.46. The van der Waals surface area contributed by atoms with Crippen LogP contribution in [0.4, 0.5) is 5.69 Å². The molecule has 0 saturated carbocycles. The van der Waals surface area contributed by atoms with Gasteiger partial charge >= 0.3 is 0 Å². The number of allylic oxidation sites excluding steroid dienone is 2. The van der Waals surface area contributed by atoms with Crippen LogP contribution in [-0.4, -0.2) is 16.8 Å². The summed E-state index contributed by atoms with van der Waals surface area (Å²) in [6.45, 7) is 0. The Hall–Kier alpha value is -2.43. The van der Waals surface area contributed by atoms with Gasteiger partial charge in [-0.05, 0) is 12.1 Å². The molecule has 16 heavy (non-hydrogen) atoms. The van der Waals surface area contributed by atoms with Gasteiger partial charge < -0.3 is 11.1 Å². The van der Waals surface area contributed by atoms with Crippen LogP contribution in [0.15, 0.2) is 48.8 Å². The maximum absolute atomic E-state index is 11.3. The minimum Gasteiger partial charge on any atom is -0.366 e. The van der Waals surface area contributed by atoms with Gasteiger partial charge in [0.1, 0.15) is 0 Å². The van der Waals surface area contributed by atoms with E-state index in [9.17, 15) is 9.59 Å². The number of amides is 2. The number of nitrogens with one attached hydrogen (secondary N) is 1. The smallest absolute Gasteiger partial charge is 0.248 e. The van der Waals surface area contributed by atoms with E-state index in [0.29, 0.717) is 5.69 Å². The molecule has 0 radical (unpaired) electrons.